The summed E-state index contributed by atoms with van der Waals surface area (Å²) in [6.45, 7) is 8.46. The van der Waals surface area contributed by atoms with Crippen LogP contribution in [0.2, 0.25) is 0 Å². The van der Waals surface area contributed by atoms with E-state index in [9.17, 15) is 4.79 Å². The zero-order chi connectivity index (χ0) is 18.1. The van der Waals surface area contributed by atoms with Crippen LogP contribution in [-0.2, 0) is 11.3 Å². The lowest BCUT2D eigenvalue weighted by Gasteiger charge is -2.49. The first kappa shape index (κ1) is 18.0. The van der Waals surface area contributed by atoms with Crippen LogP contribution < -0.4 is 0 Å². The minimum atomic E-state index is 0.360. The van der Waals surface area contributed by atoms with Crippen molar-refractivity contribution in [2.75, 3.05) is 19.6 Å². The topological polar surface area (TPSA) is 54.3 Å². The van der Waals surface area contributed by atoms with Crippen molar-refractivity contribution in [3.8, 4) is 0 Å². The highest BCUT2D eigenvalue weighted by Gasteiger charge is 2.43. The van der Waals surface area contributed by atoms with E-state index in [1.807, 2.05) is 6.33 Å². The smallest absolute Gasteiger partial charge is 0.222 e. The van der Waals surface area contributed by atoms with E-state index in [4.69, 9.17) is 0 Å². The summed E-state index contributed by atoms with van der Waals surface area (Å²) in [4.78, 5) is 17.3. The lowest BCUT2D eigenvalue weighted by molar-refractivity contribution is -0.142. The monoisotopic (exact) mass is 359 g/mol. The van der Waals surface area contributed by atoms with Crippen LogP contribution >= 0.6 is 0 Å². The summed E-state index contributed by atoms with van der Waals surface area (Å²) in [7, 11) is 0. The molecule has 26 heavy (non-hydrogen) atoms. The molecular formula is C20H33N5O. The Labute approximate surface area is 156 Å². The van der Waals surface area contributed by atoms with E-state index >= 15 is 0 Å². The molecule has 1 aromatic heterocycles. The minimum absolute atomic E-state index is 0.360. The van der Waals surface area contributed by atoms with Crippen LogP contribution in [0.25, 0.3) is 0 Å². The molecule has 3 fully saturated rings. The van der Waals surface area contributed by atoms with Gasteiger partial charge < -0.3 is 9.47 Å². The Balaban J connectivity index is 1.36. The summed E-state index contributed by atoms with van der Waals surface area (Å²) in [5.41, 5.74) is 0.360. The normalized spacial score (nSPS) is 24.9. The molecule has 2 saturated heterocycles. The molecule has 0 N–H and O–H groups in total. The Bertz CT molecular complexity index is 626. The number of hydrogen-bond donors (Lipinski definition) is 0. The average Bonchev–Trinajstić information content (AvgIpc) is 3.31. The van der Waals surface area contributed by atoms with Crippen LogP contribution in [-0.4, -0.2) is 56.1 Å². The first-order chi connectivity index (χ1) is 12.6. The van der Waals surface area contributed by atoms with E-state index in [-0.39, 0.29) is 0 Å². The van der Waals surface area contributed by atoms with Crippen molar-refractivity contribution in [3.63, 3.8) is 0 Å². The Morgan fingerprint density at radius 2 is 1.92 bits per heavy atom. The van der Waals surface area contributed by atoms with Crippen LogP contribution in [0, 0.1) is 5.41 Å². The second-order valence-corrected chi connectivity index (χ2v) is 8.98. The molecule has 0 radical (unpaired) electrons. The van der Waals surface area contributed by atoms with Gasteiger partial charge >= 0.3 is 0 Å². The molecule has 6 heteroatoms. The van der Waals surface area contributed by atoms with Crippen molar-refractivity contribution in [1.29, 1.82) is 0 Å². The van der Waals surface area contributed by atoms with Crippen molar-refractivity contribution in [1.82, 2.24) is 24.6 Å². The number of likely N-dealkylation sites (tertiary alicyclic amines) is 2. The number of piperidine rings is 2. The van der Waals surface area contributed by atoms with Crippen LogP contribution in [0.5, 0.6) is 0 Å². The fraction of sp³-hybridized carbons (Fsp3) is 0.850. The highest BCUT2D eigenvalue weighted by atomic mass is 16.2. The zero-order valence-electron chi connectivity index (χ0n) is 16.4. The minimum Gasteiger partial charge on any atom is -0.339 e. The SMILES string of the molecule is CC(C)n1cnnc1CN1CCC2(CCC(=O)N(C3CCCC3)C2)CC1. The van der Waals surface area contributed by atoms with E-state index in [0.29, 0.717) is 23.4 Å². The predicted octanol–water partition coefficient (Wildman–Crippen LogP) is 3.01. The molecule has 3 heterocycles. The predicted molar refractivity (Wildman–Crippen MR) is 101 cm³/mol. The Morgan fingerprint density at radius 1 is 1.19 bits per heavy atom. The fourth-order valence-corrected chi connectivity index (χ4v) is 5.20. The van der Waals surface area contributed by atoms with Gasteiger partial charge in [-0.15, -0.1) is 10.2 Å². The van der Waals surface area contributed by atoms with Gasteiger partial charge in [0.05, 0.1) is 6.54 Å². The molecule has 6 nitrogen and oxygen atoms in total. The molecule has 1 spiro atoms. The number of rotatable bonds is 4. The molecule has 0 bridgehead atoms. The average molecular weight is 360 g/mol. The second kappa shape index (κ2) is 7.29. The number of carbonyl (C=O) groups excluding carboxylic acids is 1. The number of nitrogens with zero attached hydrogens (tertiary/aromatic N) is 5. The summed E-state index contributed by atoms with van der Waals surface area (Å²) in [6.07, 6.45) is 11.1. The summed E-state index contributed by atoms with van der Waals surface area (Å²) in [5, 5.41) is 8.42. The molecule has 1 aromatic rings. The third kappa shape index (κ3) is 3.53. The molecule has 144 valence electrons. The Morgan fingerprint density at radius 3 is 2.62 bits per heavy atom. The van der Waals surface area contributed by atoms with E-state index in [1.165, 1.54) is 38.5 Å². The molecule has 0 unspecified atom stereocenters. The Kier molecular flexibility index (Phi) is 5.04. The second-order valence-electron chi connectivity index (χ2n) is 8.98. The molecule has 1 amide bonds. The van der Waals surface area contributed by atoms with Crippen molar-refractivity contribution in [2.24, 2.45) is 5.41 Å². The maximum atomic E-state index is 12.5. The van der Waals surface area contributed by atoms with Gasteiger partial charge in [0, 0.05) is 25.0 Å². The van der Waals surface area contributed by atoms with Gasteiger partial charge in [-0.05, 0) is 64.5 Å². The van der Waals surface area contributed by atoms with Gasteiger partial charge in [-0.25, -0.2) is 0 Å². The van der Waals surface area contributed by atoms with Crippen molar-refractivity contribution in [3.05, 3.63) is 12.2 Å². The van der Waals surface area contributed by atoms with E-state index in [1.54, 1.807) is 0 Å². The van der Waals surface area contributed by atoms with Crippen LogP contribution in [0.1, 0.15) is 77.1 Å². The molecule has 0 atom stereocenters. The van der Waals surface area contributed by atoms with Crippen LogP contribution in [0.15, 0.2) is 6.33 Å². The van der Waals surface area contributed by atoms with E-state index < -0.39 is 0 Å². The van der Waals surface area contributed by atoms with Gasteiger partial charge in [-0.3, -0.25) is 9.69 Å². The van der Waals surface area contributed by atoms with Crippen LogP contribution in [0.4, 0.5) is 0 Å². The number of aromatic nitrogens is 3. The van der Waals surface area contributed by atoms with Crippen LogP contribution in [0.3, 0.4) is 0 Å². The highest BCUT2D eigenvalue weighted by molar-refractivity contribution is 5.77. The molecular weight excluding hydrogens is 326 g/mol. The van der Waals surface area contributed by atoms with E-state index in [2.05, 4.69) is 38.4 Å². The standard InChI is InChI=1S/C20H33N5O/c1-16(2)25-15-21-22-18(25)13-23-11-9-20(10-12-23)8-7-19(26)24(14-20)17-5-3-4-6-17/h15-17H,3-14H2,1-2H3. The molecule has 2 aliphatic heterocycles. The quantitative estimate of drug-likeness (QED) is 0.829. The van der Waals surface area contributed by atoms with Crippen molar-refractivity contribution < 1.29 is 4.79 Å². The van der Waals surface area contributed by atoms with Crippen molar-refractivity contribution >= 4 is 5.91 Å². The fourth-order valence-electron chi connectivity index (χ4n) is 5.20. The number of carbonyl (C=O) groups is 1. The summed E-state index contributed by atoms with van der Waals surface area (Å²) < 4.78 is 2.17. The molecule has 3 aliphatic rings. The van der Waals surface area contributed by atoms with Gasteiger partial charge in [-0.2, -0.15) is 0 Å². The highest BCUT2D eigenvalue weighted by Crippen LogP contribution is 2.42. The van der Waals surface area contributed by atoms with Gasteiger partial charge in [0.2, 0.25) is 5.91 Å². The molecule has 1 aliphatic carbocycles. The summed E-state index contributed by atoms with van der Waals surface area (Å²) >= 11 is 0. The summed E-state index contributed by atoms with van der Waals surface area (Å²) in [6, 6.07) is 0.933. The number of hydrogen-bond acceptors (Lipinski definition) is 4. The Hall–Kier alpha value is -1.43. The third-order valence-corrected chi connectivity index (χ3v) is 6.95. The largest absolute Gasteiger partial charge is 0.339 e. The first-order valence-corrected chi connectivity index (χ1v) is 10.5. The van der Waals surface area contributed by atoms with Crippen molar-refractivity contribution in [2.45, 2.75) is 83.8 Å². The lowest BCUT2D eigenvalue weighted by atomic mass is 9.72. The van der Waals surface area contributed by atoms with Gasteiger partial charge in [0.1, 0.15) is 12.2 Å². The third-order valence-electron chi connectivity index (χ3n) is 6.95. The van der Waals surface area contributed by atoms with Gasteiger partial charge in [-0.1, -0.05) is 12.8 Å². The molecule has 0 aromatic carbocycles. The summed E-state index contributed by atoms with van der Waals surface area (Å²) in [5.74, 6) is 1.48. The molecule has 4 rings (SSSR count). The maximum Gasteiger partial charge on any atom is 0.222 e. The first-order valence-electron chi connectivity index (χ1n) is 10.5. The number of amides is 1. The van der Waals surface area contributed by atoms with Gasteiger partial charge in [0.15, 0.2) is 0 Å². The molecule has 1 saturated carbocycles. The maximum absolute atomic E-state index is 12.5. The van der Waals surface area contributed by atoms with E-state index in [0.717, 1.165) is 44.8 Å². The lowest BCUT2D eigenvalue weighted by Crippen LogP contribution is -2.53. The van der Waals surface area contributed by atoms with Gasteiger partial charge in [0.25, 0.3) is 0 Å². The zero-order valence-corrected chi connectivity index (χ0v) is 16.4.